The van der Waals surface area contributed by atoms with Crippen LogP contribution in [0, 0.1) is 0 Å². The van der Waals surface area contributed by atoms with Crippen LogP contribution in [0.5, 0.6) is 0 Å². The highest BCUT2D eigenvalue weighted by molar-refractivity contribution is 5.91. The van der Waals surface area contributed by atoms with Crippen LogP contribution in [0.4, 0.5) is 0 Å². The second-order valence-corrected chi connectivity index (χ2v) is 5.74. The number of amides is 1. The number of rotatable bonds is 4. The molecule has 114 valence electrons. The fraction of sp³-hybridized carbons (Fsp3) is 0.333. The van der Waals surface area contributed by atoms with Crippen LogP contribution in [0.25, 0.3) is 11.8 Å². The molecule has 0 atom stereocenters. The lowest BCUT2D eigenvalue weighted by molar-refractivity contribution is -0.117. The molecule has 4 nitrogen and oxygen atoms in total. The van der Waals surface area contributed by atoms with Crippen molar-refractivity contribution in [2.24, 2.45) is 0 Å². The van der Waals surface area contributed by atoms with Crippen LogP contribution in [0.2, 0.25) is 0 Å². The van der Waals surface area contributed by atoms with Gasteiger partial charge in [-0.2, -0.15) is 0 Å². The third-order valence-corrected chi connectivity index (χ3v) is 4.07. The third-order valence-electron chi connectivity index (χ3n) is 4.07. The van der Waals surface area contributed by atoms with E-state index < -0.39 is 0 Å². The molecular weight excluding hydrogens is 274 g/mol. The third kappa shape index (κ3) is 3.85. The summed E-state index contributed by atoms with van der Waals surface area (Å²) in [6.07, 6.45) is 14.9. The van der Waals surface area contributed by atoms with Crippen molar-refractivity contribution >= 4 is 12.0 Å². The van der Waals surface area contributed by atoms with Crippen LogP contribution in [0.1, 0.15) is 37.7 Å². The zero-order valence-electron chi connectivity index (χ0n) is 12.6. The Balaban J connectivity index is 1.56. The van der Waals surface area contributed by atoms with Crippen LogP contribution < -0.4 is 5.32 Å². The molecule has 1 N–H and O–H groups in total. The predicted octanol–water partition coefficient (Wildman–Crippen LogP) is 3.33. The first-order chi connectivity index (χ1) is 10.8. The molecule has 1 aromatic heterocycles. The van der Waals surface area contributed by atoms with Gasteiger partial charge in [-0.05, 0) is 36.6 Å². The normalized spacial score (nSPS) is 16.0. The molecule has 1 aliphatic rings. The number of hydrogen-bond donors (Lipinski definition) is 1. The van der Waals surface area contributed by atoms with E-state index in [4.69, 9.17) is 0 Å². The van der Waals surface area contributed by atoms with E-state index in [2.05, 4.69) is 10.3 Å². The van der Waals surface area contributed by atoms with Crippen LogP contribution in [-0.2, 0) is 4.79 Å². The highest BCUT2D eigenvalue weighted by Gasteiger charge is 2.13. The van der Waals surface area contributed by atoms with E-state index in [1.807, 2.05) is 41.1 Å². The molecule has 1 amide bonds. The Morgan fingerprint density at radius 3 is 2.64 bits per heavy atom. The molecule has 4 heteroatoms. The molecule has 0 unspecified atom stereocenters. The second kappa shape index (κ2) is 7.07. The van der Waals surface area contributed by atoms with Crippen LogP contribution in [0.15, 0.2) is 49.1 Å². The Bertz CT molecular complexity index is 623. The molecular formula is C18H21N3O. The van der Waals surface area contributed by atoms with Crippen molar-refractivity contribution in [2.45, 2.75) is 38.1 Å². The van der Waals surface area contributed by atoms with Gasteiger partial charge in [-0.15, -0.1) is 0 Å². The van der Waals surface area contributed by atoms with Crippen molar-refractivity contribution in [1.82, 2.24) is 14.9 Å². The van der Waals surface area contributed by atoms with Gasteiger partial charge in [-0.25, -0.2) is 4.98 Å². The Hall–Kier alpha value is -2.36. The molecule has 1 saturated carbocycles. The van der Waals surface area contributed by atoms with E-state index in [1.165, 1.54) is 19.3 Å². The first kappa shape index (κ1) is 14.6. The van der Waals surface area contributed by atoms with Gasteiger partial charge in [-0.1, -0.05) is 31.4 Å². The van der Waals surface area contributed by atoms with Gasteiger partial charge in [0.1, 0.15) is 0 Å². The van der Waals surface area contributed by atoms with E-state index >= 15 is 0 Å². The van der Waals surface area contributed by atoms with Crippen LogP contribution in [0.3, 0.4) is 0 Å². The quantitative estimate of drug-likeness (QED) is 0.879. The molecule has 2 aromatic rings. The highest BCUT2D eigenvalue weighted by atomic mass is 16.1. The SMILES string of the molecule is O=C(C=Cc1ccc(-n2ccnc2)cc1)NC1CCCCC1. The Kier molecular flexibility index (Phi) is 4.68. The van der Waals surface area contributed by atoms with E-state index in [9.17, 15) is 4.79 Å². The molecule has 1 fully saturated rings. The lowest BCUT2D eigenvalue weighted by atomic mass is 9.95. The van der Waals surface area contributed by atoms with Gasteiger partial charge < -0.3 is 9.88 Å². The molecule has 0 bridgehead atoms. The smallest absolute Gasteiger partial charge is 0.244 e. The van der Waals surface area contributed by atoms with Gasteiger partial charge in [0.15, 0.2) is 0 Å². The number of hydrogen-bond acceptors (Lipinski definition) is 2. The number of aromatic nitrogens is 2. The maximum absolute atomic E-state index is 11.9. The summed E-state index contributed by atoms with van der Waals surface area (Å²) in [5, 5.41) is 3.08. The maximum Gasteiger partial charge on any atom is 0.244 e. The fourth-order valence-corrected chi connectivity index (χ4v) is 2.84. The van der Waals surface area contributed by atoms with Crippen molar-refractivity contribution in [3.63, 3.8) is 0 Å². The standard InChI is InChI=1S/C18H21N3O/c22-18(20-16-4-2-1-3-5-16)11-8-15-6-9-17(10-7-15)21-13-12-19-14-21/h6-14,16H,1-5H2,(H,20,22). The van der Waals surface area contributed by atoms with Crippen molar-refractivity contribution in [3.8, 4) is 5.69 Å². The molecule has 0 aliphatic heterocycles. The largest absolute Gasteiger partial charge is 0.350 e. The summed E-state index contributed by atoms with van der Waals surface area (Å²) < 4.78 is 1.95. The topological polar surface area (TPSA) is 46.9 Å². The fourth-order valence-electron chi connectivity index (χ4n) is 2.84. The summed E-state index contributed by atoms with van der Waals surface area (Å²) in [4.78, 5) is 16.0. The number of imidazole rings is 1. The van der Waals surface area contributed by atoms with Crippen LogP contribution >= 0.6 is 0 Å². The van der Waals surface area contributed by atoms with Gasteiger partial charge in [0, 0.05) is 30.2 Å². The summed E-state index contributed by atoms with van der Waals surface area (Å²) in [5.74, 6) is 0.00517. The molecule has 0 spiro atoms. The summed E-state index contributed by atoms with van der Waals surface area (Å²) in [6, 6.07) is 8.38. The molecule has 3 rings (SSSR count). The Morgan fingerprint density at radius 2 is 1.95 bits per heavy atom. The zero-order chi connectivity index (χ0) is 15.2. The molecule has 1 heterocycles. The first-order valence-corrected chi connectivity index (χ1v) is 7.88. The lowest BCUT2D eigenvalue weighted by Gasteiger charge is -2.21. The molecule has 0 saturated heterocycles. The van der Waals surface area contributed by atoms with E-state index in [0.717, 1.165) is 24.1 Å². The van der Waals surface area contributed by atoms with Gasteiger partial charge in [-0.3, -0.25) is 4.79 Å². The molecule has 0 radical (unpaired) electrons. The Labute approximate surface area is 130 Å². The van der Waals surface area contributed by atoms with Crippen molar-refractivity contribution in [3.05, 3.63) is 54.6 Å². The number of carbonyl (C=O) groups excluding carboxylic acids is 1. The number of nitrogens with zero attached hydrogens (tertiary/aromatic N) is 2. The van der Waals surface area contributed by atoms with Gasteiger partial charge in [0.05, 0.1) is 6.33 Å². The van der Waals surface area contributed by atoms with Gasteiger partial charge in [0.25, 0.3) is 0 Å². The van der Waals surface area contributed by atoms with Crippen molar-refractivity contribution < 1.29 is 4.79 Å². The average Bonchev–Trinajstić information content (AvgIpc) is 3.09. The number of benzene rings is 1. The van der Waals surface area contributed by atoms with Gasteiger partial charge >= 0.3 is 0 Å². The molecule has 1 aromatic carbocycles. The maximum atomic E-state index is 11.9. The first-order valence-electron chi connectivity index (χ1n) is 7.88. The summed E-state index contributed by atoms with van der Waals surface area (Å²) >= 11 is 0. The number of carbonyl (C=O) groups is 1. The van der Waals surface area contributed by atoms with E-state index in [1.54, 1.807) is 18.6 Å². The average molecular weight is 295 g/mol. The van der Waals surface area contributed by atoms with Crippen LogP contribution in [-0.4, -0.2) is 21.5 Å². The number of nitrogens with one attached hydrogen (secondary N) is 1. The minimum absolute atomic E-state index is 0.00517. The highest BCUT2D eigenvalue weighted by Crippen LogP contribution is 2.17. The Morgan fingerprint density at radius 1 is 1.18 bits per heavy atom. The minimum atomic E-state index is 0.00517. The van der Waals surface area contributed by atoms with Gasteiger partial charge in [0.2, 0.25) is 5.91 Å². The molecule has 22 heavy (non-hydrogen) atoms. The second-order valence-electron chi connectivity index (χ2n) is 5.74. The predicted molar refractivity (Wildman–Crippen MR) is 87.6 cm³/mol. The molecule has 1 aliphatic carbocycles. The van der Waals surface area contributed by atoms with E-state index in [0.29, 0.717) is 6.04 Å². The van der Waals surface area contributed by atoms with E-state index in [-0.39, 0.29) is 5.91 Å². The minimum Gasteiger partial charge on any atom is -0.350 e. The van der Waals surface area contributed by atoms with Crippen molar-refractivity contribution in [1.29, 1.82) is 0 Å². The van der Waals surface area contributed by atoms with Crippen molar-refractivity contribution in [2.75, 3.05) is 0 Å². The zero-order valence-corrected chi connectivity index (χ0v) is 12.6. The summed E-state index contributed by atoms with van der Waals surface area (Å²) in [7, 11) is 0. The summed E-state index contributed by atoms with van der Waals surface area (Å²) in [5.41, 5.74) is 2.07. The summed E-state index contributed by atoms with van der Waals surface area (Å²) in [6.45, 7) is 0. The monoisotopic (exact) mass is 295 g/mol. The lowest BCUT2D eigenvalue weighted by Crippen LogP contribution is -2.34.